The van der Waals surface area contributed by atoms with Crippen LogP contribution >= 0.6 is 11.3 Å². The van der Waals surface area contributed by atoms with Gasteiger partial charge in [0.15, 0.2) is 0 Å². The summed E-state index contributed by atoms with van der Waals surface area (Å²) in [6.45, 7) is 4.99. The number of nitrogens with one attached hydrogen (secondary N) is 1. The smallest absolute Gasteiger partial charge is 0.318 e. The summed E-state index contributed by atoms with van der Waals surface area (Å²) in [5.74, 6) is -0.212. The molecule has 2 amide bonds. The van der Waals surface area contributed by atoms with Crippen molar-refractivity contribution in [1.29, 1.82) is 0 Å². The molecule has 7 heteroatoms. The first-order chi connectivity index (χ1) is 16.5. The van der Waals surface area contributed by atoms with Crippen molar-refractivity contribution >= 4 is 23.3 Å². The summed E-state index contributed by atoms with van der Waals surface area (Å²) in [4.78, 5) is 30.0. The summed E-state index contributed by atoms with van der Waals surface area (Å²) in [5.41, 5.74) is 3.47. The van der Waals surface area contributed by atoms with Crippen LogP contribution in [0.1, 0.15) is 99.4 Å². The van der Waals surface area contributed by atoms with Gasteiger partial charge in [-0.25, -0.2) is 4.79 Å². The minimum absolute atomic E-state index is 0.00271. The summed E-state index contributed by atoms with van der Waals surface area (Å²) in [6, 6.07) is 4.22. The van der Waals surface area contributed by atoms with Crippen molar-refractivity contribution in [2.24, 2.45) is 0 Å². The van der Waals surface area contributed by atoms with Crippen LogP contribution in [0.3, 0.4) is 0 Å². The molecule has 1 aliphatic heterocycles. The number of esters is 1. The number of hydrogen-bond acceptors (Lipinski definition) is 4. The molecule has 6 nitrogen and oxygen atoms in total. The average molecular weight is 484 g/mol. The summed E-state index contributed by atoms with van der Waals surface area (Å²) in [7, 11) is 0. The number of hydrogen-bond donors (Lipinski definition) is 1. The quantitative estimate of drug-likeness (QED) is 0.527. The van der Waals surface area contributed by atoms with Gasteiger partial charge in [-0.15, -0.1) is 11.3 Å². The van der Waals surface area contributed by atoms with Gasteiger partial charge in [0.1, 0.15) is 5.00 Å². The number of ether oxygens (including phenoxy) is 1. The van der Waals surface area contributed by atoms with Gasteiger partial charge in [0.05, 0.1) is 31.2 Å². The van der Waals surface area contributed by atoms with E-state index in [0.717, 1.165) is 51.4 Å². The standard InChI is InChI=1S/C27H37N3O3S/c1-3-21-22-12-10-16-29(22)25-20(19-11-6-7-13-23(19)34-25)18-30(21)26(32)28-27(14-8-5-9-15-27)17-24(31)33-4-2/h10,12,16,21H,3-9,11,13-15,17-18H2,1-2H3,(H,28,32). The molecule has 2 aromatic heterocycles. The molecule has 34 heavy (non-hydrogen) atoms. The van der Waals surface area contributed by atoms with Crippen LogP contribution in [0.4, 0.5) is 4.79 Å². The Morgan fingerprint density at radius 1 is 1.12 bits per heavy atom. The van der Waals surface area contributed by atoms with Crippen molar-refractivity contribution in [1.82, 2.24) is 14.8 Å². The lowest BCUT2D eigenvalue weighted by Gasteiger charge is -2.40. The molecule has 0 spiro atoms. The predicted octanol–water partition coefficient (Wildman–Crippen LogP) is 6.05. The van der Waals surface area contributed by atoms with E-state index in [0.29, 0.717) is 13.2 Å². The molecule has 3 aliphatic rings. The van der Waals surface area contributed by atoms with Crippen molar-refractivity contribution in [3.8, 4) is 5.00 Å². The van der Waals surface area contributed by atoms with Crippen LogP contribution < -0.4 is 5.32 Å². The predicted molar refractivity (Wildman–Crippen MR) is 134 cm³/mol. The van der Waals surface area contributed by atoms with E-state index >= 15 is 0 Å². The Kier molecular flexibility index (Phi) is 6.74. The van der Waals surface area contributed by atoms with Crippen LogP contribution in [0, 0.1) is 0 Å². The van der Waals surface area contributed by atoms with Gasteiger partial charge in [-0.1, -0.05) is 26.2 Å². The second-order valence-electron chi connectivity index (χ2n) is 10.1. The fraction of sp³-hybridized carbons (Fsp3) is 0.630. The summed E-state index contributed by atoms with van der Waals surface area (Å²) >= 11 is 1.92. The summed E-state index contributed by atoms with van der Waals surface area (Å²) < 4.78 is 7.62. The van der Waals surface area contributed by atoms with Crippen molar-refractivity contribution in [3.63, 3.8) is 0 Å². The number of carbonyl (C=O) groups is 2. The Morgan fingerprint density at radius 3 is 2.68 bits per heavy atom. The van der Waals surface area contributed by atoms with Crippen molar-refractivity contribution in [3.05, 3.63) is 40.0 Å². The Labute approximate surface area is 206 Å². The number of aromatic nitrogens is 1. The normalized spacial score (nSPS) is 21.1. The number of urea groups is 1. The molecule has 1 atom stereocenters. The van der Waals surface area contributed by atoms with E-state index in [1.807, 2.05) is 23.2 Å². The zero-order chi connectivity index (χ0) is 23.7. The van der Waals surface area contributed by atoms with Gasteiger partial charge in [0.2, 0.25) is 0 Å². The zero-order valence-corrected chi connectivity index (χ0v) is 21.3. The number of carbonyl (C=O) groups excluding carboxylic acids is 2. The molecule has 1 unspecified atom stereocenters. The topological polar surface area (TPSA) is 63.6 Å². The highest BCUT2D eigenvalue weighted by molar-refractivity contribution is 7.15. The maximum absolute atomic E-state index is 14.0. The minimum Gasteiger partial charge on any atom is -0.466 e. The van der Waals surface area contributed by atoms with Crippen LogP contribution in [0.15, 0.2) is 18.3 Å². The molecular formula is C27H37N3O3S. The largest absolute Gasteiger partial charge is 0.466 e. The number of fused-ring (bicyclic) bond motifs is 5. The number of thiophene rings is 1. The molecule has 2 aromatic rings. The van der Waals surface area contributed by atoms with Gasteiger partial charge in [0.25, 0.3) is 0 Å². The number of nitrogens with zero attached hydrogens (tertiary/aromatic N) is 2. The Hall–Kier alpha value is -2.28. The van der Waals surface area contributed by atoms with E-state index in [-0.39, 0.29) is 24.5 Å². The molecule has 5 rings (SSSR count). The number of rotatable bonds is 5. The highest BCUT2D eigenvalue weighted by Gasteiger charge is 2.40. The van der Waals surface area contributed by atoms with Gasteiger partial charge in [-0.3, -0.25) is 4.79 Å². The maximum atomic E-state index is 14.0. The average Bonchev–Trinajstić information content (AvgIpc) is 3.41. The minimum atomic E-state index is -0.509. The highest BCUT2D eigenvalue weighted by Crippen LogP contribution is 2.43. The number of aryl methyl sites for hydroxylation is 1. The monoisotopic (exact) mass is 483 g/mol. The van der Waals surface area contributed by atoms with E-state index < -0.39 is 5.54 Å². The molecule has 1 N–H and O–H groups in total. The van der Waals surface area contributed by atoms with Crippen molar-refractivity contribution in [2.75, 3.05) is 6.61 Å². The van der Waals surface area contributed by atoms with Crippen LogP contribution in [0.2, 0.25) is 0 Å². The van der Waals surface area contributed by atoms with Crippen LogP contribution in [-0.4, -0.2) is 33.6 Å². The molecule has 2 aliphatic carbocycles. The molecule has 0 saturated heterocycles. The molecule has 3 heterocycles. The Morgan fingerprint density at radius 2 is 1.91 bits per heavy atom. The molecular weight excluding hydrogens is 446 g/mol. The lowest BCUT2D eigenvalue weighted by molar-refractivity contribution is -0.145. The zero-order valence-electron chi connectivity index (χ0n) is 20.5. The van der Waals surface area contributed by atoms with Crippen molar-refractivity contribution < 1.29 is 14.3 Å². The lowest BCUT2D eigenvalue weighted by atomic mass is 9.79. The van der Waals surface area contributed by atoms with Crippen molar-refractivity contribution in [2.45, 2.75) is 103 Å². The SMILES string of the molecule is CCOC(=O)CC1(NC(=O)N2Cc3c(sc4c3CCCC4)-n3cccc3C2CC)CCCCC1. The first kappa shape index (κ1) is 23.5. The lowest BCUT2D eigenvalue weighted by Crippen LogP contribution is -2.55. The van der Waals surface area contributed by atoms with Gasteiger partial charge in [0, 0.05) is 22.3 Å². The molecule has 0 radical (unpaired) electrons. The third-order valence-corrected chi connectivity index (χ3v) is 9.26. The molecule has 184 valence electrons. The first-order valence-electron chi connectivity index (χ1n) is 13.1. The fourth-order valence-electron chi connectivity index (χ4n) is 6.27. The van der Waals surface area contributed by atoms with E-state index in [2.05, 4.69) is 35.1 Å². The first-order valence-corrected chi connectivity index (χ1v) is 13.9. The van der Waals surface area contributed by atoms with Gasteiger partial charge in [-0.05, 0) is 69.6 Å². The van der Waals surface area contributed by atoms with E-state index in [1.54, 1.807) is 0 Å². The second kappa shape index (κ2) is 9.76. The maximum Gasteiger partial charge on any atom is 0.318 e. The van der Waals surface area contributed by atoms with Crippen LogP contribution in [0.5, 0.6) is 0 Å². The summed E-state index contributed by atoms with van der Waals surface area (Å²) in [6.07, 6.45) is 12.9. The highest BCUT2D eigenvalue weighted by atomic mass is 32.1. The van der Waals surface area contributed by atoms with Gasteiger partial charge < -0.3 is 19.5 Å². The van der Waals surface area contributed by atoms with E-state index in [1.165, 1.54) is 39.5 Å². The molecule has 1 fully saturated rings. The van der Waals surface area contributed by atoms with E-state index in [9.17, 15) is 9.59 Å². The van der Waals surface area contributed by atoms with Gasteiger partial charge in [-0.2, -0.15) is 0 Å². The third kappa shape index (κ3) is 4.28. The summed E-state index contributed by atoms with van der Waals surface area (Å²) in [5, 5.41) is 4.68. The van der Waals surface area contributed by atoms with Crippen LogP contribution in [-0.2, 0) is 28.9 Å². The Balaban J connectivity index is 1.49. The Bertz CT molecular complexity index is 1050. The third-order valence-electron chi connectivity index (χ3n) is 7.92. The fourth-order valence-corrected chi connectivity index (χ4v) is 7.67. The molecule has 1 saturated carbocycles. The molecule has 0 bridgehead atoms. The second-order valence-corrected chi connectivity index (χ2v) is 11.2. The van der Waals surface area contributed by atoms with Gasteiger partial charge >= 0.3 is 12.0 Å². The van der Waals surface area contributed by atoms with E-state index in [4.69, 9.17) is 4.74 Å². The van der Waals surface area contributed by atoms with Crippen LogP contribution in [0.25, 0.3) is 5.00 Å². The number of amides is 2. The molecule has 0 aromatic carbocycles.